The van der Waals surface area contributed by atoms with Gasteiger partial charge >= 0.3 is 0 Å². The minimum Gasteiger partial charge on any atom is -0.323 e. The third kappa shape index (κ3) is 3.56. The van der Waals surface area contributed by atoms with Gasteiger partial charge in [-0.3, -0.25) is 0 Å². The summed E-state index contributed by atoms with van der Waals surface area (Å²) in [5.41, 5.74) is 10.3. The van der Waals surface area contributed by atoms with Gasteiger partial charge in [0.15, 0.2) is 0 Å². The summed E-state index contributed by atoms with van der Waals surface area (Å²) in [6.07, 6.45) is 2.64. The Hall–Kier alpha value is -0.860. The molecule has 0 spiro atoms. The molecule has 0 radical (unpaired) electrons. The Kier molecular flexibility index (Phi) is 4.41. The van der Waals surface area contributed by atoms with Gasteiger partial charge in [-0.15, -0.1) is 0 Å². The van der Waals surface area contributed by atoms with Crippen LogP contribution in [0.15, 0.2) is 18.2 Å². The van der Waals surface area contributed by atoms with Crippen LogP contribution >= 0.6 is 0 Å². The van der Waals surface area contributed by atoms with Gasteiger partial charge in [0.1, 0.15) is 0 Å². The monoisotopic (exact) mass is 246 g/mol. The summed E-state index contributed by atoms with van der Waals surface area (Å²) in [4.78, 5) is 2.52. The number of benzene rings is 1. The van der Waals surface area contributed by atoms with Crippen LogP contribution in [0.1, 0.15) is 42.5 Å². The fourth-order valence-corrected chi connectivity index (χ4v) is 2.85. The predicted molar refractivity (Wildman–Crippen MR) is 77.7 cm³/mol. The molecule has 2 nitrogen and oxygen atoms in total. The maximum atomic E-state index is 6.36. The molecule has 2 heteroatoms. The topological polar surface area (TPSA) is 29.3 Å². The number of likely N-dealkylation sites (tertiary alicyclic amines) is 1. The Morgan fingerprint density at radius 3 is 2.28 bits per heavy atom. The largest absolute Gasteiger partial charge is 0.323 e. The first-order chi connectivity index (χ1) is 8.54. The van der Waals surface area contributed by atoms with Gasteiger partial charge in [0, 0.05) is 12.6 Å². The van der Waals surface area contributed by atoms with E-state index in [1.165, 1.54) is 42.6 Å². The SMILES string of the molecule is Cc1cc(C)cc(C(N)CN2CCC(C)CC2)c1. The number of nitrogens with zero attached hydrogens (tertiary/aromatic N) is 1. The molecular formula is C16H26N2. The average Bonchev–Trinajstić information content (AvgIpc) is 2.31. The smallest absolute Gasteiger partial charge is 0.0424 e. The molecule has 1 saturated heterocycles. The fraction of sp³-hybridized carbons (Fsp3) is 0.625. The van der Waals surface area contributed by atoms with Gasteiger partial charge in [-0.2, -0.15) is 0 Å². The van der Waals surface area contributed by atoms with Crippen molar-refractivity contribution in [3.63, 3.8) is 0 Å². The van der Waals surface area contributed by atoms with Crippen molar-refractivity contribution in [2.75, 3.05) is 19.6 Å². The van der Waals surface area contributed by atoms with Crippen LogP contribution in [0.4, 0.5) is 0 Å². The van der Waals surface area contributed by atoms with Crippen LogP contribution in [0.2, 0.25) is 0 Å². The Balaban J connectivity index is 1.96. The molecule has 2 rings (SSSR count). The van der Waals surface area contributed by atoms with E-state index in [9.17, 15) is 0 Å². The van der Waals surface area contributed by atoms with Crippen molar-refractivity contribution in [2.24, 2.45) is 11.7 Å². The Morgan fingerprint density at radius 1 is 1.17 bits per heavy atom. The molecule has 1 fully saturated rings. The molecule has 1 aliphatic rings. The van der Waals surface area contributed by atoms with E-state index in [1.54, 1.807) is 0 Å². The molecule has 1 heterocycles. The van der Waals surface area contributed by atoms with Crippen LogP contribution in [0.3, 0.4) is 0 Å². The molecule has 1 atom stereocenters. The third-order valence-corrected chi connectivity index (χ3v) is 4.00. The van der Waals surface area contributed by atoms with E-state index in [-0.39, 0.29) is 6.04 Å². The normalized spacial score (nSPS) is 20.0. The summed E-state index contributed by atoms with van der Waals surface area (Å²) in [7, 11) is 0. The molecule has 1 aromatic rings. The molecule has 2 N–H and O–H groups in total. The lowest BCUT2D eigenvalue weighted by atomic mass is 9.97. The number of hydrogen-bond acceptors (Lipinski definition) is 2. The molecule has 18 heavy (non-hydrogen) atoms. The summed E-state index contributed by atoms with van der Waals surface area (Å²) in [6, 6.07) is 6.81. The molecule has 0 bridgehead atoms. The zero-order valence-electron chi connectivity index (χ0n) is 11.9. The van der Waals surface area contributed by atoms with Crippen LogP contribution < -0.4 is 5.73 Å². The first-order valence-electron chi connectivity index (χ1n) is 7.10. The Labute approximate surface area is 111 Å². The van der Waals surface area contributed by atoms with Crippen molar-refractivity contribution in [2.45, 2.75) is 39.7 Å². The summed E-state index contributed by atoms with van der Waals surface area (Å²) in [5.74, 6) is 0.888. The zero-order valence-corrected chi connectivity index (χ0v) is 11.9. The van der Waals surface area contributed by atoms with E-state index in [0.29, 0.717) is 0 Å². The second kappa shape index (κ2) is 5.85. The van der Waals surface area contributed by atoms with Gasteiger partial charge in [-0.1, -0.05) is 36.2 Å². The van der Waals surface area contributed by atoms with Gasteiger partial charge < -0.3 is 10.6 Å². The highest BCUT2D eigenvalue weighted by Gasteiger charge is 2.18. The maximum absolute atomic E-state index is 6.36. The highest BCUT2D eigenvalue weighted by atomic mass is 15.1. The van der Waals surface area contributed by atoms with Gasteiger partial charge in [0.25, 0.3) is 0 Å². The van der Waals surface area contributed by atoms with Crippen LogP contribution in [0, 0.1) is 19.8 Å². The fourth-order valence-electron chi connectivity index (χ4n) is 2.85. The maximum Gasteiger partial charge on any atom is 0.0424 e. The van der Waals surface area contributed by atoms with E-state index in [0.717, 1.165) is 12.5 Å². The first kappa shape index (κ1) is 13.6. The Bertz CT molecular complexity index is 372. The summed E-state index contributed by atoms with van der Waals surface area (Å²) < 4.78 is 0. The van der Waals surface area contributed by atoms with Crippen LogP contribution in [0.25, 0.3) is 0 Å². The van der Waals surface area contributed by atoms with Crippen molar-refractivity contribution in [1.29, 1.82) is 0 Å². The van der Waals surface area contributed by atoms with Crippen molar-refractivity contribution in [3.8, 4) is 0 Å². The van der Waals surface area contributed by atoms with E-state index in [1.807, 2.05) is 0 Å². The van der Waals surface area contributed by atoms with E-state index in [2.05, 4.69) is 43.9 Å². The summed E-state index contributed by atoms with van der Waals surface area (Å²) >= 11 is 0. The molecule has 1 unspecified atom stereocenters. The lowest BCUT2D eigenvalue weighted by molar-refractivity contribution is 0.183. The number of hydrogen-bond donors (Lipinski definition) is 1. The van der Waals surface area contributed by atoms with E-state index in [4.69, 9.17) is 5.73 Å². The highest BCUT2D eigenvalue weighted by molar-refractivity contribution is 5.30. The van der Waals surface area contributed by atoms with Crippen molar-refractivity contribution in [1.82, 2.24) is 4.90 Å². The van der Waals surface area contributed by atoms with Crippen LogP contribution in [-0.2, 0) is 0 Å². The quantitative estimate of drug-likeness (QED) is 0.888. The Morgan fingerprint density at radius 2 is 1.72 bits per heavy atom. The molecule has 100 valence electrons. The van der Waals surface area contributed by atoms with E-state index >= 15 is 0 Å². The van der Waals surface area contributed by atoms with Gasteiger partial charge in [0.05, 0.1) is 0 Å². The summed E-state index contributed by atoms with van der Waals surface area (Å²) in [5, 5.41) is 0. The number of piperidine rings is 1. The zero-order chi connectivity index (χ0) is 13.1. The highest BCUT2D eigenvalue weighted by Crippen LogP contribution is 2.20. The minimum atomic E-state index is 0.150. The third-order valence-electron chi connectivity index (χ3n) is 4.00. The van der Waals surface area contributed by atoms with Crippen molar-refractivity contribution < 1.29 is 0 Å². The molecule has 1 aliphatic heterocycles. The number of aryl methyl sites for hydroxylation is 2. The standard InChI is InChI=1S/C16H26N2/c1-12-4-6-18(7-5-12)11-16(17)15-9-13(2)8-14(3)10-15/h8-10,12,16H,4-7,11,17H2,1-3H3. The first-order valence-corrected chi connectivity index (χ1v) is 7.10. The molecule has 0 amide bonds. The molecule has 0 saturated carbocycles. The lowest BCUT2D eigenvalue weighted by Crippen LogP contribution is -2.38. The molecule has 1 aromatic carbocycles. The van der Waals surface area contributed by atoms with Crippen molar-refractivity contribution >= 4 is 0 Å². The minimum absolute atomic E-state index is 0.150. The van der Waals surface area contributed by atoms with E-state index < -0.39 is 0 Å². The van der Waals surface area contributed by atoms with Gasteiger partial charge in [-0.25, -0.2) is 0 Å². The van der Waals surface area contributed by atoms with Gasteiger partial charge in [0.2, 0.25) is 0 Å². The number of nitrogens with two attached hydrogens (primary N) is 1. The van der Waals surface area contributed by atoms with Gasteiger partial charge in [-0.05, 0) is 51.3 Å². The molecule has 0 aliphatic carbocycles. The lowest BCUT2D eigenvalue weighted by Gasteiger charge is -2.32. The second-order valence-electron chi connectivity index (χ2n) is 6.01. The van der Waals surface area contributed by atoms with Crippen molar-refractivity contribution in [3.05, 3.63) is 34.9 Å². The molecular weight excluding hydrogens is 220 g/mol. The van der Waals surface area contributed by atoms with Crippen LogP contribution in [-0.4, -0.2) is 24.5 Å². The predicted octanol–water partition coefficient (Wildman–Crippen LogP) is 3.04. The second-order valence-corrected chi connectivity index (χ2v) is 6.01. The number of rotatable bonds is 3. The van der Waals surface area contributed by atoms with Crippen LogP contribution in [0.5, 0.6) is 0 Å². The summed E-state index contributed by atoms with van der Waals surface area (Å²) in [6.45, 7) is 10.0. The molecule has 0 aromatic heterocycles. The average molecular weight is 246 g/mol.